The highest BCUT2D eigenvalue weighted by Crippen LogP contribution is 2.26. The summed E-state index contributed by atoms with van der Waals surface area (Å²) in [6.45, 7) is 5.13. The quantitative estimate of drug-likeness (QED) is 0.920. The Morgan fingerprint density at radius 1 is 1.42 bits per heavy atom. The predicted molar refractivity (Wildman–Crippen MR) is 80.0 cm³/mol. The van der Waals surface area contributed by atoms with E-state index < -0.39 is 0 Å². The lowest BCUT2D eigenvalue weighted by Gasteiger charge is -2.19. The van der Waals surface area contributed by atoms with Gasteiger partial charge in [0.1, 0.15) is 12.2 Å². The van der Waals surface area contributed by atoms with Gasteiger partial charge in [-0.1, -0.05) is 35.0 Å². The molecule has 19 heavy (non-hydrogen) atoms. The van der Waals surface area contributed by atoms with Crippen molar-refractivity contribution in [2.24, 2.45) is 7.05 Å². The maximum Gasteiger partial charge on any atom is 0.138 e. The number of aromatic nitrogens is 3. The first-order chi connectivity index (χ1) is 9.11. The van der Waals surface area contributed by atoms with E-state index in [0.29, 0.717) is 0 Å². The average molecular weight is 323 g/mol. The molecule has 0 radical (unpaired) electrons. The van der Waals surface area contributed by atoms with Crippen LogP contribution < -0.4 is 5.32 Å². The molecule has 0 amide bonds. The summed E-state index contributed by atoms with van der Waals surface area (Å²) in [5, 5.41) is 7.64. The molecule has 0 fully saturated rings. The van der Waals surface area contributed by atoms with Gasteiger partial charge in [-0.15, -0.1) is 0 Å². The van der Waals surface area contributed by atoms with E-state index in [-0.39, 0.29) is 6.04 Å². The lowest BCUT2D eigenvalue weighted by atomic mass is 10.0. The third kappa shape index (κ3) is 3.42. The monoisotopic (exact) mass is 322 g/mol. The fourth-order valence-corrected chi connectivity index (χ4v) is 2.91. The molecule has 1 aromatic heterocycles. The Balaban J connectivity index is 2.27. The normalized spacial score (nSPS) is 12.6. The molecule has 1 unspecified atom stereocenters. The maximum absolute atomic E-state index is 4.31. The van der Waals surface area contributed by atoms with Crippen LogP contribution >= 0.6 is 15.9 Å². The topological polar surface area (TPSA) is 42.7 Å². The second-order valence-corrected chi connectivity index (χ2v) is 5.49. The van der Waals surface area contributed by atoms with E-state index in [1.807, 2.05) is 11.7 Å². The van der Waals surface area contributed by atoms with Gasteiger partial charge in [0.05, 0.1) is 0 Å². The van der Waals surface area contributed by atoms with E-state index in [0.717, 1.165) is 23.3 Å². The standard InChI is InChI=1S/C14H19BrN4/c1-4-16-13(8-14-17-9-18-19(14)3)11-6-5-10(2)7-12(11)15/h5-7,9,13,16H,4,8H2,1-3H3. The first kappa shape index (κ1) is 14.2. The Kier molecular flexibility index (Phi) is 4.71. The summed E-state index contributed by atoms with van der Waals surface area (Å²) in [6.07, 6.45) is 2.43. The Morgan fingerprint density at radius 3 is 2.79 bits per heavy atom. The molecular weight excluding hydrogens is 304 g/mol. The molecule has 1 heterocycles. The summed E-state index contributed by atoms with van der Waals surface area (Å²) < 4.78 is 2.97. The summed E-state index contributed by atoms with van der Waals surface area (Å²) in [4.78, 5) is 4.31. The molecule has 0 saturated carbocycles. The zero-order valence-electron chi connectivity index (χ0n) is 11.5. The van der Waals surface area contributed by atoms with Gasteiger partial charge in [0.15, 0.2) is 0 Å². The number of nitrogens with one attached hydrogen (secondary N) is 1. The first-order valence-corrected chi connectivity index (χ1v) is 7.23. The van der Waals surface area contributed by atoms with Crippen LogP contribution in [-0.2, 0) is 13.5 Å². The largest absolute Gasteiger partial charge is 0.310 e. The van der Waals surface area contributed by atoms with Crippen molar-refractivity contribution in [3.63, 3.8) is 0 Å². The fourth-order valence-electron chi connectivity index (χ4n) is 2.14. The van der Waals surface area contributed by atoms with Gasteiger partial charge in [-0.2, -0.15) is 5.10 Å². The number of halogens is 1. The van der Waals surface area contributed by atoms with E-state index in [4.69, 9.17) is 0 Å². The number of nitrogens with zero attached hydrogens (tertiary/aromatic N) is 3. The molecule has 0 spiro atoms. The van der Waals surface area contributed by atoms with Crippen molar-refractivity contribution in [1.82, 2.24) is 20.1 Å². The minimum absolute atomic E-state index is 0.239. The summed E-state index contributed by atoms with van der Waals surface area (Å²) >= 11 is 3.66. The van der Waals surface area contributed by atoms with Crippen molar-refractivity contribution in [2.45, 2.75) is 26.3 Å². The van der Waals surface area contributed by atoms with E-state index in [9.17, 15) is 0 Å². The van der Waals surface area contributed by atoms with Crippen molar-refractivity contribution in [2.75, 3.05) is 6.54 Å². The lowest BCUT2D eigenvalue weighted by molar-refractivity contribution is 0.520. The second kappa shape index (κ2) is 6.30. The summed E-state index contributed by atoms with van der Waals surface area (Å²) in [5.41, 5.74) is 2.51. The Bertz CT molecular complexity index is 550. The van der Waals surface area contributed by atoms with Crippen molar-refractivity contribution in [3.05, 3.63) is 46.0 Å². The van der Waals surface area contributed by atoms with Crippen LogP contribution in [0, 0.1) is 6.92 Å². The van der Waals surface area contributed by atoms with E-state index in [1.54, 1.807) is 6.33 Å². The van der Waals surface area contributed by atoms with Gasteiger partial charge in [-0.05, 0) is 30.7 Å². The van der Waals surface area contributed by atoms with Gasteiger partial charge < -0.3 is 5.32 Å². The van der Waals surface area contributed by atoms with Crippen LogP contribution in [0.25, 0.3) is 0 Å². The SMILES string of the molecule is CCNC(Cc1ncnn1C)c1ccc(C)cc1Br. The molecule has 0 aliphatic rings. The fraction of sp³-hybridized carbons (Fsp3) is 0.429. The third-order valence-electron chi connectivity index (χ3n) is 3.17. The van der Waals surface area contributed by atoms with Crippen LogP contribution in [-0.4, -0.2) is 21.3 Å². The van der Waals surface area contributed by atoms with Gasteiger partial charge in [0.25, 0.3) is 0 Å². The van der Waals surface area contributed by atoms with Crippen molar-refractivity contribution >= 4 is 15.9 Å². The predicted octanol–water partition coefficient (Wildman–Crippen LogP) is 2.78. The number of hydrogen-bond acceptors (Lipinski definition) is 3. The summed E-state index contributed by atoms with van der Waals surface area (Å²) in [7, 11) is 1.93. The summed E-state index contributed by atoms with van der Waals surface area (Å²) in [6, 6.07) is 6.70. The molecule has 0 bridgehead atoms. The van der Waals surface area contributed by atoms with Crippen molar-refractivity contribution in [3.8, 4) is 0 Å². The lowest BCUT2D eigenvalue weighted by Crippen LogP contribution is -2.24. The number of likely N-dealkylation sites (N-methyl/N-ethyl adjacent to an activating group) is 1. The minimum atomic E-state index is 0.239. The van der Waals surface area contributed by atoms with Crippen LogP contribution in [0.2, 0.25) is 0 Å². The van der Waals surface area contributed by atoms with Crippen LogP contribution in [0.5, 0.6) is 0 Å². The molecule has 0 saturated heterocycles. The van der Waals surface area contributed by atoms with E-state index >= 15 is 0 Å². The Morgan fingerprint density at radius 2 is 2.21 bits per heavy atom. The summed E-state index contributed by atoms with van der Waals surface area (Å²) in [5.74, 6) is 0.985. The number of benzene rings is 1. The molecule has 1 atom stereocenters. The van der Waals surface area contributed by atoms with E-state index in [1.165, 1.54) is 11.1 Å². The zero-order chi connectivity index (χ0) is 13.8. The highest BCUT2D eigenvalue weighted by Gasteiger charge is 2.16. The zero-order valence-corrected chi connectivity index (χ0v) is 13.1. The minimum Gasteiger partial charge on any atom is -0.310 e. The number of hydrogen-bond donors (Lipinski definition) is 1. The molecule has 1 N–H and O–H groups in total. The van der Waals surface area contributed by atoms with Gasteiger partial charge in [0.2, 0.25) is 0 Å². The van der Waals surface area contributed by atoms with Crippen LogP contribution in [0.4, 0.5) is 0 Å². The molecule has 102 valence electrons. The van der Waals surface area contributed by atoms with Gasteiger partial charge >= 0.3 is 0 Å². The first-order valence-electron chi connectivity index (χ1n) is 6.44. The highest BCUT2D eigenvalue weighted by atomic mass is 79.9. The van der Waals surface area contributed by atoms with Crippen LogP contribution in [0.1, 0.15) is 29.9 Å². The average Bonchev–Trinajstić information content (AvgIpc) is 2.75. The van der Waals surface area contributed by atoms with Crippen molar-refractivity contribution in [1.29, 1.82) is 0 Å². The smallest absolute Gasteiger partial charge is 0.138 e. The molecule has 0 aliphatic heterocycles. The maximum atomic E-state index is 4.31. The number of rotatable bonds is 5. The highest BCUT2D eigenvalue weighted by molar-refractivity contribution is 9.10. The van der Waals surface area contributed by atoms with E-state index in [2.05, 4.69) is 63.4 Å². The Hall–Kier alpha value is -1.20. The third-order valence-corrected chi connectivity index (χ3v) is 3.86. The molecule has 2 rings (SSSR count). The Labute approximate surface area is 122 Å². The van der Waals surface area contributed by atoms with Gasteiger partial charge in [0, 0.05) is 24.0 Å². The number of aryl methyl sites for hydroxylation is 2. The van der Waals surface area contributed by atoms with Crippen LogP contribution in [0.3, 0.4) is 0 Å². The molecule has 4 nitrogen and oxygen atoms in total. The molecule has 2 aromatic rings. The molecule has 5 heteroatoms. The molecular formula is C14H19BrN4. The second-order valence-electron chi connectivity index (χ2n) is 4.64. The molecule has 0 aliphatic carbocycles. The van der Waals surface area contributed by atoms with Crippen molar-refractivity contribution < 1.29 is 0 Å². The van der Waals surface area contributed by atoms with Gasteiger partial charge in [-0.25, -0.2) is 4.98 Å². The molecule has 1 aromatic carbocycles. The van der Waals surface area contributed by atoms with Crippen LogP contribution in [0.15, 0.2) is 29.0 Å². The van der Waals surface area contributed by atoms with Gasteiger partial charge in [-0.3, -0.25) is 4.68 Å².